The molecule has 3 rings (SSSR count). The van der Waals surface area contributed by atoms with E-state index < -0.39 is 0 Å². The van der Waals surface area contributed by atoms with Crippen molar-refractivity contribution in [3.05, 3.63) is 71.2 Å². The second kappa shape index (κ2) is 12.4. The molecule has 0 bridgehead atoms. The fraction of sp³-hybridized carbons (Fsp3) is 0.333. The third-order valence-corrected chi connectivity index (χ3v) is 5.31. The van der Waals surface area contributed by atoms with Gasteiger partial charge < -0.3 is 20.9 Å². The highest BCUT2D eigenvalue weighted by molar-refractivity contribution is 14.0. The van der Waals surface area contributed by atoms with E-state index >= 15 is 0 Å². The number of nitrogens with zero attached hydrogens (tertiary/aromatic N) is 1. The van der Waals surface area contributed by atoms with Crippen molar-refractivity contribution in [3.8, 4) is 0 Å². The molecule has 6 nitrogen and oxygen atoms in total. The number of fused-ring (bicyclic) bond motifs is 1. The van der Waals surface area contributed by atoms with Crippen molar-refractivity contribution in [2.24, 2.45) is 4.99 Å². The number of benzene rings is 2. The third-order valence-electron chi connectivity index (χ3n) is 5.31. The Morgan fingerprint density at radius 2 is 1.91 bits per heavy atom. The van der Waals surface area contributed by atoms with Crippen LogP contribution >= 0.6 is 24.0 Å². The zero-order chi connectivity index (χ0) is 22.2. The lowest BCUT2D eigenvalue weighted by Gasteiger charge is -2.13. The number of amides is 1. The number of aromatic nitrogens is 1. The summed E-state index contributed by atoms with van der Waals surface area (Å²) in [6.45, 7) is 5.33. The normalized spacial score (nSPS) is 12.2. The molecule has 2 aromatic carbocycles. The quantitative estimate of drug-likeness (QED) is 0.191. The molecule has 1 aromatic heterocycles. The first-order valence-electron chi connectivity index (χ1n) is 10.6. The molecule has 1 unspecified atom stereocenters. The molecular formula is C24H31FIN5O. The smallest absolute Gasteiger partial charge is 0.251 e. The SMILES string of the molecule is CCC(C)NC(=O)c1ccc(CNC(=NC)NCCc2c[nH]c3cc(F)ccc23)cc1.I. The van der Waals surface area contributed by atoms with Gasteiger partial charge in [-0.1, -0.05) is 19.1 Å². The summed E-state index contributed by atoms with van der Waals surface area (Å²) in [6.07, 6.45) is 3.60. The predicted molar refractivity (Wildman–Crippen MR) is 139 cm³/mol. The number of rotatable bonds is 8. The fourth-order valence-corrected chi connectivity index (χ4v) is 3.27. The van der Waals surface area contributed by atoms with Crippen molar-refractivity contribution in [2.45, 2.75) is 39.3 Å². The first-order chi connectivity index (χ1) is 15.0. The summed E-state index contributed by atoms with van der Waals surface area (Å²) in [5, 5.41) is 10.6. The van der Waals surface area contributed by atoms with Crippen LogP contribution in [0.25, 0.3) is 10.9 Å². The van der Waals surface area contributed by atoms with Crippen molar-refractivity contribution < 1.29 is 9.18 Å². The molecule has 0 aliphatic heterocycles. The first-order valence-corrected chi connectivity index (χ1v) is 10.6. The van der Waals surface area contributed by atoms with E-state index in [2.05, 4.69) is 25.9 Å². The van der Waals surface area contributed by atoms with E-state index in [0.29, 0.717) is 24.6 Å². The van der Waals surface area contributed by atoms with E-state index in [4.69, 9.17) is 0 Å². The van der Waals surface area contributed by atoms with Crippen LogP contribution in [0, 0.1) is 5.82 Å². The highest BCUT2D eigenvalue weighted by Crippen LogP contribution is 2.19. The van der Waals surface area contributed by atoms with Crippen LogP contribution in [0.15, 0.2) is 53.7 Å². The summed E-state index contributed by atoms with van der Waals surface area (Å²) in [5.41, 5.74) is 3.65. The van der Waals surface area contributed by atoms with Gasteiger partial charge in [0.1, 0.15) is 5.82 Å². The number of aliphatic imine (C=N–C) groups is 1. The lowest BCUT2D eigenvalue weighted by atomic mass is 10.1. The number of H-pyrrole nitrogens is 1. The van der Waals surface area contributed by atoms with E-state index in [1.165, 1.54) is 12.1 Å². The van der Waals surface area contributed by atoms with Crippen LogP contribution in [0.1, 0.15) is 41.8 Å². The van der Waals surface area contributed by atoms with Crippen LogP contribution < -0.4 is 16.0 Å². The van der Waals surface area contributed by atoms with Gasteiger partial charge in [0, 0.05) is 48.8 Å². The molecule has 8 heteroatoms. The molecule has 1 atom stereocenters. The summed E-state index contributed by atoms with van der Waals surface area (Å²) in [4.78, 5) is 19.5. The Bertz CT molecular complexity index is 1050. The average molecular weight is 551 g/mol. The molecule has 1 amide bonds. The van der Waals surface area contributed by atoms with E-state index in [1.807, 2.05) is 44.3 Å². The zero-order valence-electron chi connectivity index (χ0n) is 18.7. The number of carbonyl (C=O) groups excluding carboxylic acids is 1. The Morgan fingerprint density at radius 3 is 2.59 bits per heavy atom. The minimum absolute atomic E-state index is 0. The van der Waals surface area contributed by atoms with Gasteiger partial charge in [-0.3, -0.25) is 9.79 Å². The minimum Gasteiger partial charge on any atom is -0.361 e. The van der Waals surface area contributed by atoms with Gasteiger partial charge in [0.05, 0.1) is 0 Å². The fourth-order valence-electron chi connectivity index (χ4n) is 3.27. The second-order valence-corrected chi connectivity index (χ2v) is 7.59. The first kappa shape index (κ1) is 25.6. The molecule has 0 saturated heterocycles. The van der Waals surface area contributed by atoms with E-state index in [9.17, 15) is 9.18 Å². The Kier molecular flexibility index (Phi) is 9.96. The predicted octanol–water partition coefficient (Wildman–Crippen LogP) is 4.36. The number of aromatic amines is 1. The monoisotopic (exact) mass is 551 g/mol. The maximum absolute atomic E-state index is 13.3. The van der Waals surface area contributed by atoms with Crippen LogP contribution in [-0.2, 0) is 13.0 Å². The Balaban J connectivity index is 0.00000363. The van der Waals surface area contributed by atoms with Gasteiger partial charge >= 0.3 is 0 Å². The van der Waals surface area contributed by atoms with E-state index in [1.54, 1.807) is 13.1 Å². The molecule has 3 aromatic rings. The standard InChI is InChI=1S/C24H30FN5O.HI/c1-4-16(2)30-23(31)18-7-5-17(6-8-18)14-29-24(26-3)27-12-11-19-15-28-22-13-20(25)9-10-21(19)22;/h5-10,13,15-16,28H,4,11-12,14H2,1-3H3,(H,30,31)(H2,26,27,29);1H. The third kappa shape index (κ3) is 6.94. The van der Waals surface area contributed by atoms with Gasteiger partial charge in [0.15, 0.2) is 5.96 Å². The summed E-state index contributed by atoms with van der Waals surface area (Å²) in [7, 11) is 1.73. The highest BCUT2D eigenvalue weighted by atomic mass is 127. The molecule has 0 fully saturated rings. The van der Waals surface area contributed by atoms with Gasteiger partial charge in [0.25, 0.3) is 5.91 Å². The van der Waals surface area contributed by atoms with Gasteiger partial charge in [-0.15, -0.1) is 24.0 Å². The van der Waals surface area contributed by atoms with Gasteiger partial charge in [-0.25, -0.2) is 4.39 Å². The maximum atomic E-state index is 13.3. The summed E-state index contributed by atoms with van der Waals surface area (Å²) < 4.78 is 13.3. The second-order valence-electron chi connectivity index (χ2n) is 7.59. The molecule has 172 valence electrons. The number of nitrogens with one attached hydrogen (secondary N) is 4. The molecule has 0 radical (unpaired) electrons. The van der Waals surface area contributed by atoms with Crippen LogP contribution in [0.3, 0.4) is 0 Å². The number of hydrogen-bond acceptors (Lipinski definition) is 2. The lowest BCUT2D eigenvalue weighted by molar-refractivity contribution is 0.0939. The van der Waals surface area contributed by atoms with Crippen molar-refractivity contribution >= 4 is 46.7 Å². The van der Waals surface area contributed by atoms with E-state index in [-0.39, 0.29) is 41.7 Å². The number of halogens is 2. The molecule has 0 aliphatic carbocycles. The van der Waals surface area contributed by atoms with Gasteiger partial charge in [0.2, 0.25) is 0 Å². The van der Waals surface area contributed by atoms with Crippen molar-refractivity contribution in [3.63, 3.8) is 0 Å². The molecule has 4 N–H and O–H groups in total. The van der Waals surface area contributed by atoms with Crippen molar-refractivity contribution in [1.82, 2.24) is 20.9 Å². The minimum atomic E-state index is -0.243. The molecule has 1 heterocycles. The Labute approximate surface area is 205 Å². The van der Waals surface area contributed by atoms with Gasteiger partial charge in [-0.2, -0.15) is 0 Å². The number of hydrogen-bond donors (Lipinski definition) is 4. The average Bonchev–Trinajstić information content (AvgIpc) is 3.18. The molecule has 0 aliphatic rings. The van der Waals surface area contributed by atoms with Crippen LogP contribution in [0.4, 0.5) is 4.39 Å². The Hall–Kier alpha value is -2.62. The molecular weight excluding hydrogens is 520 g/mol. The molecule has 32 heavy (non-hydrogen) atoms. The van der Waals surface area contributed by atoms with E-state index in [0.717, 1.165) is 34.9 Å². The Morgan fingerprint density at radius 1 is 1.16 bits per heavy atom. The van der Waals surface area contributed by atoms with Gasteiger partial charge in [-0.05, 0) is 61.2 Å². The maximum Gasteiger partial charge on any atom is 0.251 e. The van der Waals surface area contributed by atoms with Crippen LogP contribution in [-0.4, -0.2) is 36.5 Å². The number of guanidine groups is 1. The zero-order valence-corrected chi connectivity index (χ0v) is 21.0. The summed E-state index contributed by atoms with van der Waals surface area (Å²) >= 11 is 0. The number of carbonyl (C=O) groups is 1. The van der Waals surface area contributed by atoms with Crippen LogP contribution in [0.2, 0.25) is 0 Å². The largest absolute Gasteiger partial charge is 0.361 e. The summed E-state index contributed by atoms with van der Waals surface area (Å²) in [6, 6.07) is 12.5. The summed E-state index contributed by atoms with van der Waals surface area (Å²) in [5.74, 6) is 0.406. The molecule has 0 saturated carbocycles. The lowest BCUT2D eigenvalue weighted by Crippen LogP contribution is -2.37. The highest BCUT2D eigenvalue weighted by Gasteiger charge is 2.09. The van der Waals surface area contributed by atoms with Crippen molar-refractivity contribution in [1.29, 1.82) is 0 Å². The topological polar surface area (TPSA) is 81.3 Å². The van der Waals surface area contributed by atoms with Crippen molar-refractivity contribution in [2.75, 3.05) is 13.6 Å². The van der Waals surface area contributed by atoms with Crippen LogP contribution in [0.5, 0.6) is 0 Å². The molecule has 0 spiro atoms.